The molecule has 0 radical (unpaired) electrons. The Labute approximate surface area is 259 Å². The Kier molecular flexibility index (Phi) is 5.53. The predicted molar refractivity (Wildman–Crippen MR) is 184 cm³/mol. The van der Waals surface area contributed by atoms with E-state index in [0.29, 0.717) is 11.6 Å². The quantitative estimate of drug-likeness (QED) is 0.212. The van der Waals surface area contributed by atoms with Crippen LogP contribution < -0.4 is 0 Å². The van der Waals surface area contributed by atoms with Crippen molar-refractivity contribution in [3.05, 3.63) is 151 Å². The summed E-state index contributed by atoms with van der Waals surface area (Å²) in [7, 11) is 0. The molecule has 0 saturated heterocycles. The molecular weight excluding hydrogens is 548 g/mol. The van der Waals surface area contributed by atoms with Crippen molar-refractivity contribution in [2.75, 3.05) is 0 Å². The van der Waals surface area contributed by atoms with Gasteiger partial charge in [0, 0.05) is 16.2 Å². The second kappa shape index (κ2) is 9.87. The van der Waals surface area contributed by atoms with Gasteiger partial charge >= 0.3 is 0 Å². The minimum absolute atomic E-state index is 0.367. The van der Waals surface area contributed by atoms with Crippen LogP contribution in [0.25, 0.3) is 82.5 Å². The monoisotopic (exact) mass is 572 g/mol. The maximum Gasteiger partial charge on any atom is 0.236 e. The SMILES string of the molecule is N#Cc1nc(-n2c3ccccc3c3c4ccccc4c(-c4ccc(-c5cccc6ccccc56)cc4)cc32)nc2ccccc12. The third kappa shape index (κ3) is 3.85. The van der Waals surface area contributed by atoms with Gasteiger partial charge in [-0.15, -0.1) is 0 Å². The molecule has 45 heavy (non-hydrogen) atoms. The van der Waals surface area contributed by atoms with Crippen molar-refractivity contribution in [2.45, 2.75) is 0 Å². The van der Waals surface area contributed by atoms with Gasteiger partial charge in [0.2, 0.25) is 5.95 Å². The first-order valence-corrected chi connectivity index (χ1v) is 15.0. The Balaban J connectivity index is 1.32. The van der Waals surface area contributed by atoms with Crippen LogP contribution in [-0.4, -0.2) is 14.5 Å². The summed E-state index contributed by atoms with van der Waals surface area (Å²) in [5.41, 5.74) is 7.79. The molecule has 0 N–H and O–H groups in total. The van der Waals surface area contributed by atoms with Crippen molar-refractivity contribution >= 4 is 54.3 Å². The van der Waals surface area contributed by atoms with Gasteiger partial charge < -0.3 is 0 Å². The summed E-state index contributed by atoms with van der Waals surface area (Å²) >= 11 is 0. The number of para-hydroxylation sites is 2. The van der Waals surface area contributed by atoms with Crippen LogP contribution in [0, 0.1) is 11.3 Å². The molecule has 9 aromatic rings. The molecule has 0 unspecified atom stereocenters. The molecule has 0 spiro atoms. The van der Waals surface area contributed by atoms with E-state index in [1.807, 2.05) is 30.3 Å². The zero-order chi connectivity index (χ0) is 29.9. The minimum atomic E-state index is 0.367. The Hall–Kier alpha value is -6.31. The van der Waals surface area contributed by atoms with Gasteiger partial charge in [-0.25, -0.2) is 9.97 Å². The molecule has 0 aliphatic carbocycles. The zero-order valence-corrected chi connectivity index (χ0v) is 24.1. The molecule has 4 nitrogen and oxygen atoms in total. The van der Waals surface area contributed by atoms with Crippen molar-refractivity contribution in [2.24, 2.45) is 0 Å². The summed E-state index contributed by atoms with van der Waals surface area (Å²) in [5, 5.41) is 17.9. The van der Waals surface area contributed by atoms with E-state index in [2.05, 4.69) is 126 Å². The van der Waals surface area contributed by atoms with Crippen LogP contribution in [0.4, 0.5) is 0 Å². The Morgan fingerprint density at radius 1 is 0.489 bits per heavy atom. The van der Waals surface area contributed by atoms with E-state index < -0.39 is 0 Å². The Bertz CT molecular complexity index is 2650. The number of hydrogen-bond donors (Lipinski definition) is 0. The van der Waals surface area contributed by atoms with Crippen LogP contribution in [0.1, 0.15) is 5.69 Å². The highest BCUT2D eigenvalue weighted by Gasteiger charge is 2.20. The number of nitrogens with zero attached hydrogens (tertiary/aromatic N) is 4. The maximum absolute atomic E-state index is 10.0. The third-order valence-electron chi connectivity index (χ3n) is 8.87. The number of hydrogen-bond acceptors (Lipinski definition) is 3. The summed E-state index contributed by atoms with van der Waals surface area (Å²) in [5.74, 6) is 0.490. The molecule has 0 amide bonds. The molecule has 0 fully saturated rings. The lowest BCUT2D eigenvalue weighted by Gasteiger charge is -2.13. The molecule has 9 rings (SSSR count). The second-order valence-corrected chi connectivity index (χ2v) is 11.3. The van der Waals surface area contributed by atoms with Crippen molar-refractivity contribution in [3.63, 3.8) is 0 Å². The van der Waals surface area contributed by atoms with Gasteiger partial charge in [-0.2, -0.15) is 5.26 Å². The number of nitriles is 1. The molecule has 0 saturated carbocycles. The van der Waals surface area contributed by atoms with Crippen LogP contribution in [0.2, 0.25) is 0 Å². The minimum Gasteiger partial charge on any atom is -0.278 e. The van der Waals surface area contributed by atoms with Crippen molar-refractivity contribution < 1.29 is 0 Å². The Morgan fingerprint density at radius 2 is 1.11 bits per heavy atom. The topological polar surface area (TPSA) is 54.5 Å². The summed E-state index contributed by atoms with van der Waals surface area (Å²) in [6.45, 7) is 0. The predicted octanol–water partition coefficient (Wildman–Crippen LogP) is 10.2. The van der Waals surface area contributed by atoms with E-state index in [9.17, 15) is 5.26 Å². The molecular formula is C41H24N4. The zero-order valence-electron chi connectivity index (χ0n) is 24.1. The van der Waals surface area contributed by atoms with Crippen LogP contribution in [-0.2, 0) is 0 Å². The maximum atomic E-state index is 10.0. The third-order valence-corrected chi connectivity index (χ3v) is 8.87. The lowest BCUT2D eigenvalue weighted by Crippen LogP contribution is -2.03. The van der Waals surface area contributed by atoms with Crippen molar-refractivity contribution in [1.29, 1.82) is 5.26 Å². The standard InChI is InChI=1S/C41H24N4/c42-25-37-33-15-5-7-18-36(33)43-41(44-37)45-38-19-8-6-16-34(38)40-32-14-4-3-13-31(32)35(24-39(40)45)28-22-20-27(21-23-28)30-17-9-11-26-10-1-2-12-29(26)30/h1-24H. The average Bonchev–Trinajstić information content (AvgIpc) is 3.45. The smallest absolute Gasteiger partial charge is 0.236 e. The highest BCUT2D eigenvalue weighted by atomic mass is 15.2. The summed E-state index contributed by atoms with van der Waals surface area (Å²) in [6.07, 6.45) is 0. The lowest BCUT2D eigenvalue weighted by molar-refractivity contribution is 1.00. The van der Waals surface area contributed by atoms with E-state index in [1.165, 1.54) is 32.7 Å². The van der Waals surface area contributed by atoms with E-state index in [1.54, 1.807) is 0 Å². The normalized spacial score (nSPS) is 11.5. The molecule has 2 aromatic heterocycles. The average molecular weight is 573 g/mol. The summed E-state index contributed by atoms with van der Waals surface area (Å²) < 4.78 is 2.11. The number of fused-ring (bicyclic) bond motifs is 7. The molecule has 0 atom stereocenters. The van der Waals surface area contributed by atoms with Gasteiger partial charge in [-0.05, 0) is 68.1 Å². The van der Waals surface area contributed by atoms with Crippen LogP contribution in [0.5, 0.6) is 0 Å². The molecule has 2 heterocycles. The van der Waals surface area contributed by atoms with Gasteiger partial charge in [-0.1, -0.05) is 121 Å². The number of rotatable bonds is 3. The molecule has 208 valence electrons. The van der Waals surface area contributed by atoms with Gasteiger partial charge in [0.05, 0.1) is 16.6 Å². The first kappa shape index (κ1) is 25.2. The molecule has 0 bridgehead atoms. The lowest BCUT2D eigenvalue weighted by atomic mass is 9.93. The first-order valence-electron chi connectivity index (χ1n) is 15.0. The number of aromatic nitrogens is 3. The van der Waals surface area contributed by atoms with Crippen LogP contribution in [0.3, 0.4) is 0 Å². The van der Waals surface area contributed by atoms with Gasteiger partial charge in [0.1, 0.15) is 6.07 Å². The highest BCUT2D eigenvalue weighted by molar-refractivity contribution is 6.24. The molecule has 0 aliphatic rings. The molecule has 0 aliphatic heterocycles. The van der Waals surface area contributed by atoms with E-state index in [0.717, 1.165) is 43.8 Å². The summed E-state index contributed by atoms with van der Waals surface area (Å²) in [4.78, 5) is 9.79. The number of benzene rings is 7. The van der Waals surface area contributed by atoms with Gasteiger partial charge in [-0.3, -0.25) is 4.57 Å². The second-order valence-electron chi connectivity index (χ2n) is 11.3. The van der Waals surface area contributed by atoms with E-state index in [-0.39, 0.29) is 0 Å². The van der Waals surface area contributed by atoms with Crippen molar-refractivity contribution in [3.8, 4) is 34.3 Å². The van der Waals surface area contributed by atoms with Gasteiger partial charge in [0.25, 0.3) is 0 Å². The molecule has 7 aromatic carbocycles. The van der Waals surface area contributed by atoms with Crippen LogP contribution >= 0.6 is 0 Å². The van der Waals surface area contributed by atoms with E-state index in [4.69, 9.17) is 9.97 Å². The molecule has 4 heteroatoms. The van der Waals surface area contributed by atoms with Crippen molar-refractivity contribution in [1.82, 2.24) is 14.5 Å². The van der Waals surface area contributed by atoms with Crippen LogP contribution in [0.15, 0.2) is 146 Å². The fourth-order valence-electron chi connectivity index (χ4n) is 6.84. The first-order chi connectivity index (χ1) is 22.3. The van der Waals surface area contributed by atoms with E-state index >= 15 is 0 Å². The highest BCUT2D eigenvalue weighted by Crippen LogP contribution is 2.41. The van der Waals surface area contributed by atoms with Gasteiger partial charge in [0.15, 0.2) is 5.69 Å². The fraction of sp³-hybridized carbons (Fsp3) is 0. The largest absolute Gasteiger partial charge is 0.278 e. The fourth-order valence-corrected chi connectivity index (χ4v) is 6.84. The summed E-state index contributed by atoms with van der Waals surface area (Å²) in [6, 6.07) is 53.1. The Morgan fingerprint density at radius 3 is 1.91 bits per heavy atom.